The van der Waals surface area contributed by atoms with Gasteiger partial charge in [-0.1, -0.05) is 194 Å². The van der Waals surface area contributed by atoms with E-state index < -0.39 is 5.41 Å². The topological polar surface area (TPSA) is 0 Å². The highest BCUT2D eigenvalue weighted by molar-refractivity contribution is 6.21. The Morgan fingerprint density at radius 1 is 0.255 bits per heavy atom. The lowest BCUT2D eigenvalue weighted by Crippen LogP contribution is -2.28. The van der Waals surface area contributed by atoms with Crippen molar-refractivity contribution in [2.75, 3.05) is 0 Å². The molecule has 0 bridgehead atoms. The van der Waals surface area contributed by atoms with E-state index in [0.717, 1.165) is 0 Å². The molecule has 9 aromatic carbocycles. The first-order valence-electron chi connectivity index (χ1n) is 17.8. The summed E-state index contributed by atoms with van der Waals surface area (Å²) in [5.41, 5.74) is 14.9. The number of benzene rings is 9. The molecule has 1 aliphatic rings. The van der Waals surface area contributed by atoms with Crippen LogP contribution >= 0.6 is 0 Å². The molecule has 0 fully saturated rings. The Hall–Kier alpha value is -6.50. The van der Waals surface area contributed by atoms with Crippen LogP contribution in [0.15, 0.2) is 206 Å². The van der Waals surface area contributed by atoms with Gasteiger partial charge in [0.15, 0.2) is 0 Å². The summed E-state index contributed by atoms with van der Waals surface area (Å²) < 4.78 is 0. The predicted octanol–water partition coefficient (Wildman–Crippen LogP) is 13.4. The molecular formula is C51H34. The highest BCUT2D eigenvalue weighted by Gasteiger charge is 2.45. The van der Waals surface area contributed by atoms with Gasteiger partial charge in [-0.2, -0.15) is 0 Å². The maximum absolute atomic E-state index is 2.43. The first-order valence-corrected chi connectivity index (χ1v) is 17.8. The van der Waals surface area contributed by atoms with Crippen molar-refractivity contribution in [3.63, 3.8) is 0 Å². The van der Waals surface area contributed by atoms with E-state index in [9.17, 15) is 0 Å². The van der Waals surface area contributed by atoms with Gasteiger partial charge in [-0.3, -0.25) is 0 Å². The van der Waals surface area contributed by atoms with Crippen molar-refractivity contribution in [1.82, 2.24) is 0 Å². The Kier molecular flexibility index (Phi) is 6.82. The van der Waals surface area contributed by atoms with Crippen molar-refractivity contribution in [3.05, 3.63) is 229 Å². The van der Waals surface area contributed by atoms with Crippen LogP contribution in [0.2, 0.25) is 0 Å². The summed E-state index contributed by atoms with van der Waals surface area (Å²) in [6.07, 6.45) is 0. The van der Waals surface area contributed by atoms with Crippen LogP contribution in [0.5, 0.6) is 0 Å². The summed E-state index contributed by atoms with van der Waals surface area (Å²) in [6.45, 7) is 0. The smallest absolute Gasteiger partial charge is 0.0622 e. The van der Waals surface area contributed by atoms with E-state index in [2.05, 4.69) is 206 Å². The number of hydrogen-bond donors (Lipinski definition) is 0. The molecule has 0 unspecified atom stereocenters. The van der Waals surface area contributed by atoms with E-state index in [0.29, 0.717) is 0 Å². The number of fused-ring (bicyclic) bond motifs is 5. The van der Waals surface area contributed by atoms with Crippen LogP contribution in [0.25, 0.3) is 66.1 Å². The second-order valence-corrected chi connectivity index (χ2v) is 13.6. The third kappa shape index (κ3) is 4.47. The van der Waals surface area contributed by atoms with E-state index in [1.165, 1.54) is 88.3 Å². The molecule has 238 valence electrons. The molecule has 0 heteroatoms. The number of rotatable bonds is 5. The van der Waals surface area contributed by atoms with Crippen LogP contribution in [0.1, 0.15) is 22.3 Å². The second kappa shape index (κ2) is 11.8. The Morgan fingerprint density at radius 2 is 0.647 bits per heavy atom. The Labute approximate surface area is 298 Å². The normalized spacial score (nSPS) is 12.9. The van der Waals surface area contributed by atoms with Crippen molar-refractivity contribution in [2.45, 2.75) is 5.41 Å². The largest absolute Gasteiger partial charge is 0.0713 e. The van der Waals surface area contributed by atoms with Crippen LogP contribution in [0, 0.1) is 0 Å². The molecule has 1 aliphatic carbocycles. The van der Waals surface area contributed by atoms with Gasteiger partial charge in [0.2, 0.25) is 0 Å². The predicted molar refractivity (Wildman–Crippen MR) is 215 cm³/mol. The minimum Gasteiger partial charge on any atom is -0.0622 e. The van der Waals surface area contributed by atoms with Crippen molar-refractivity contribution in [1.29, 1.82) is 0 Å². The molecule has 0 aliphatic heterocycles. The van der Waals surface area contributed by atoms with Crippen LogP contribution in [0.3, 0.4) is 0 Å². The summed E-state index contributed by atoms with van der Waals surface area (Å²) in [7, 11) is 0. The van der Waals surface area contributed by atoms with Gasteiger partial charge in [-0.25, -0.2) is 0 Å². The molecular weight excluding hydrogens is 613 g/mol. The van der Waals surface area contributed by atoms with Gasteiger partial charge in [-0.15, -0.1) is 0 Å². The van der Waals surface area contributed by atoms with E-state index >= 15 is 0 Å². The zero-order chi connectivity index (χ0) is 33.8. The highest BCUT2D eigenvalue weighted by atomic mass is 14.5. The summed E-state index contributed by atoms with van der Waals surface area (Å²) in [6, 6.07) is 76.0. The van der Waals surface area contributed by atoms with Gasteiger partial charge in [-0.05, 0) is 100 Å². The molecule has 0 radical (unpaired) electrons. The van der Waals surface area contributed by atoms with E-state index in [1.54, 1.807) is 0 Å². The Balaban J connectivity index is 1.19. The molecule has 0 atom stereocenters. The molecule has 0 amide bonds. The molecule has 0 nitrogen and oxygen atoms in total. The van der Waals surface area contributed by atoms with Crippen LogP contribution in [-0.2, 0) is 5.41 Å². The summed E-state index contributed by atoms with van der Waals surface area (Å²) in [5.74, 6) is 0. The second-order valence-electron chi connectivity index (χ2n) is 13.6. The molecule has 51 heavy (non-hydrogen) atoms. The van der Waals surface area contributed by atoms with Crippen molar-refractivity contribution >= 4 is 21.5 Å². The molecule has 0 spiro atoms. The average Bonchev–Trinajstić information content (AvgIpc) is 3.52. The van der Waals surface area contributed by atoms with Crippen molar-refractivity contribution < 1.29 is 0 Å². The number of hydrogen-bond acceptors (Lipinski definition) is 0. The third-order valence-electron chi connectivity index (χ3n) is 10.9. The minimum absolute atomic E-state index is 0.429. The fourth-order valence-electron chi connectivity index (χ4n) is 8.85. The van der Waals surface area contributed by atoms with Gasteiger partial charge < -0.3 is 0 Å². The maximum atomic E-state index is 2.43. The SMILES string of the molecule is c1ccc(-c2c3ccccc3c(-c3cccc(-c4cccc(C5(c6ccccc6)c6ccccc6-c6ccccc65)c4)c3)c3ccccc23)cc1. The monoisotopic (exact) mass is 646 g/mol. The minimum atomic E-state index is -0.429. The first kappa shape index (κ1) is 29.4. The lowest BCUT2D eigenvalue weighted by molar-refractivity contribution is 0.769. The molecule has 9 aromatic rings. The Morgan fingerprint density at radius 3 is 1.24 bits per heavy atom. The van der Waals surface area contributed by atoms with Gasteiger partial charge in [0, 0.05) is 0 Å². The van der Waals surface area contributed by atoms with E-state index in [-0.39, 0.29) is 0 Å². The molecule has 0 N–H and O–H groups in total. The fourth-order valence-corrected chi connectivity index (χ4v) is 8.85. The van der Waals surface area contributed by atoms with Crippen LogP contribution in [0.4, 0.5) is 0 Å². The molecule has 0 heterocycles. The Bertz CT molecular complexity index is 2630. The molecule has 0 aromatic heterocycles. The van der Waals surface area contributed by atoms with Gasteiger partial charge in [0.25, 0.3) is 0 Å². The lowest BCUT2D eigenvalue weighted by Gasteiger charge is -2.34. The highest BCUT2D eigenvalue weighted by Crippen LogP contribution is 2.56. The van der Waals surface area contributed by atoms with E-state index in [4.69, 9.17) is 0 Å². The summed E-state index contributed by atoms with van der Waals surface area (Å²) in [4.78, 5) is 0. The summed E-state index contributed by atoms with van der Waals surface area (Å²) in [5, 5.41) is 5.08. The van der Waals surface area contributed by atoms with Gasteiger partial charge in [0.1, 0.15) is 0 Å². The van der Waals surface area contributed by atoms with Gasteiger partial charge in [0.05, 0.1) is 5.41 Å². The fraction of sp³-hybridized carbons (Fsp3) is 0.0196. The van der Waals surface area contributed by atoms with Crippen LogP contribution < -0.4 is 0 Å². The zero-order valence-electron chi connectivity index (χ0n) is 28.1. The molecule has 0 saturated heterocycles. The quantitative estimate of drug-likeness (QED) is 0.163. The third-order valence-corrected chi connectivity index (χ3v) is 10.9. The van der Waals surface area contributed by atoms with Crippen LogP contribution in [-0.4, -0.2) is 0 Å². The van der Waals surface area contributed by atoms with Crippen molar-refractivity contribution in [3.8, 4) is 44.5 Å². The molecule has 10 rings (SSSR count). The zero-order valence-corrected chi connectivity index (χ0v) is 28.1. The average molecular weight is 647 g/mol. The van der Waals surface area contributed by atoms with E-state index in [1.807, 2.05) is 0 Å². The first-order chi connectivity index (χ1) is 25.3. The van der Waals surface area contributed by atoms with Crippen molar-refractivity contribution in [2.24, 2.45) is 0 Å². The lowest BCUT2D eigenvalue weighted by atomic mass is 9.67. The standard InChI is InChI=1S/C51H34/c1-3-17-35(18-4-1)49-43-27-7-9-29-45(43)50(46-30-10-8-28-44(46)49)38-21-15-19-36(33-38)37-20-16-24-40(34-37)51(39-22-5-2-6-23-39)47-31-13-11-25-41(47)42-26-12-14-32-48(42)51/h1-34H. The molecule has 0 saturated carbocycles. The maximum Gasteiger partial charge on any atom is 0.0713 e. The van der Waals surface area contributed by atoms with Gasteiger partial charge >= 0.3 is 0 Å². The summed E-state index contributed by atoms with van der Waals surface area (Å²) >= 11 is 0.